The van der Waals surface area contributed by atoms with Crippen molar-refractivity contribution in [2.24, 2.45) is 5.41 Å². The van der Waals surface area contributed by atoms with Gasteiger partial charge in [-0.2, -0.15) is 5.26 Å². The largest absolute Gasteiger partial charge is 0.381 e. The van der Waals surface area contributed by atoms with Crippen LogP contribution in [-0.4, -0.2) is 28.3 Å². The standard InChI is InChI=1S/C20H20N6O2S/c1-13-2-3-14(29(27,28)25-20-5-4-19(10-20,11-20)12-21)8-15(13)16-9-24-18-17(22)23-6-7-26(16)18/h2-3,6-9,25H,4-5,10-11H2,1H3,(H2,22,23). The lowest BCUT2D eigenvalue weighted by molar-refractivity contribution is 0.161. The van der Waals surface area contributed by atoms with E-state index in [1.54, 1.807) is 41.2 Å². The SMILES string of the molecule is Cc1ccc(S(=O)(=O)NC23CCC(C#N)(C2)C3)cc1-c1cnc2c(N)nccn12. The number of nitrogens with two attached hydrogens (primary N) is 1. The normalized spacial score (nSPS) is 25.7. The smallest absolute Gasteiger partial charge is 0.241 e. The number of anilines is 1. The molecule has 3 aromatic rings. The number of benzene rings is 1. The van der Waals surface area contributed by atoms with E-state index >= 15 is 0 Å². The molecular formula is C20H20N6O2S. The molecule has 3 aliphatic rings. The molecule has 2 bridgehead atoms. The van der Waals surface area contributed by atoms with E-state index in [1.807, 2.05) is 6.92 Å². The molecule has 0 saturated heterocycles. The predicted octanol–water partition coefficient (Wildman–Crippen LogP) is 2.40. The van der Waals surface area contributed by atoms with Crippen molar-refractivity contribution in [2.45, 2.75) is 43.0 Å². The summed E-state index contributed by atoms with van der Waals surface area (Å²) < 4.78 is 30.9. The first-order valence-corrected chi connectivity index (χ1v) is 10.9. The summed E-state index contributed by atoms with van der Waals surface area (Å²) >= 11 is 0. The minimum Gasteiger partial charge on any atom is -0.381 e. The van der Waals surface area contributed by atoms with Crippen LogP contribution < -0.4 is 10.5 Å². The van der Waals surface area contributed by atoms with E-state index in [9.17, 15) is 13.7 Å². The molecule has 2 aromatic heterocycles. The highest BCUT2D eigenvalue weighted by molar-refractivity contribution is 7.89. The van der Waals surface area contributed by atoms with Crippen molar-refractivity contribution >= 4 is 21.5 Å². The van der Waals surface area contributed by atoms with Crippen molar-refractivity contribution in [1.82, 2.24) is 19.1 Å². The number of nitrogens with one attached hydrogen (secondary N) is 1. The molecule has 0 unspecified atom stereocenters. The quantitative estimate of drug-likeness (QED) is 0.683. The summed E-state index contributed by atoms with van der Waals surface area (Å²) in [6.45, 7) is 1.92. The minimum atomic E-state index is -3.72. The van der Waals surface area contributed by atoms with E-state index in [1.165, 1.54) is 0 Å². The van der Waals surface area contributed by atoms with E-state index in [0.717, 1.165) is 23.2 Å². The molecule has 0 amide bonds. The van der Waals surface area contributed by atoms with E-state index in [2.05, 4.69) is 20.8 Å². The van der Waals surface area contributed by atoms with Gasteiger partial charge >= 0.3 is 0 Å². The second-order valence-electron chi connectivity index (χ2n) is 8.26. The van der Waals surface area contributed by atoms with Gasteiger partial charge in [-0.25, -0.2) is 23.1 Å². The Labute approximate surface area is 168 Å². The van der Waals surface area contributed by atoms with Gasteiger partial charge in [-0.05, 0) is 50.3 Å². The molecule has 0 spiro atoms. The van der Waals surface area contributed by atoms with Crippen LogP contribution in [0.4, 0.5) is 5.82 Å². The molecule has 3 saturated carbocycles. The average molecular weight is 408 g/mol. The molecule has 3 fully saturated rings. The fourth-order valence-electron chi connectivity index (χ4n) is 4.86. The summed E-state index contributed by atoms with van der Waals surface area (Å²) in [4.78, 5) is 8.57. The number of sulfonamides is 1. The zero-order valence-electron chi connectivity index (χ0n) is 15.9. The predicted molar refractivity (Wildman–Crippen MR) is 107 cm³/mol. The summed E-state index contributed by atoms with van der Waals surface area (Å²) in [6, 6.07) is 7.42. The lowest BCUT2D eigenvalue weighted by Gasteiger charge is -2.43. The van der Waals surface area contributed by atoms with Gasteiger partial charge in [-0.3, -0.25) is 4.40 Å². The van der Waals surface area contributed by atoms with Crippen molar-refractivity contribution in [1.29, 1.82) is 5.26 Å². The fraction of sp³-hybridized carbons (Fsp3) is 0.350. The topological polar surface area (TPSA) is 126 Å². The number of nitriles is 1. The number of nitrogen functional groups attached to an aromatic ring is 1. The second-order valence-corrected chi connectivity index (χ2v) is 9.94. The highest BCUT2D eigenvalue weighted by Gasteiger charge is 2.62. The van der Waals surface area contributed by atoms with Gasteiger partial charge in [0.15, 0.2) is 11.5 Å². The number of rotatable bonds is 4. The third-order valence-corrected chi connectivity index (χ3v) is 7.85. The van der Waals surface area contributed by atoms with Crippen LogP contribution in [0.15, 0.2) is 41.7 Å². The number of hydrogen-bond donors (Lipinski definition) is 2. The van der Waals surface area contributed by atoms with Crippen LogP contribution in [0.3, 0.4) is 0 Å². The first-order chi connectivity index (χ1) is 13.8. The molecular weight excluding hydrogens is 388 g/mol. The van der Waals surface area contributed by atoms with Crippen LogP contribution in [-0.2, 0) is 10.0 Å². The van der Waals surface area contributed by atoms with Gasteiger partial charge in [0.05, 0.1) is 28.3 Å². The van der Waals surface area contributed by atoms with Crippen molar-refractivity contribution in [2.75, 3.05) is 5.73 Å². The van der Waals surface area contributed by atoms with Gasteiger partial charge in [-0.1, -0.05) is 6.07 Å². The lowest BCUT2D eigenvalue weighted by Crippen LogP contribution is -2.55. The van der Waals surface area contributed by atoms with E-state index in [-0.39, 0.29) is 10.3 Å². The highest BCUT2D eigenvalue weighted by atomic mass is 32.2. The Morgan fingerprint density at radius 3 is 2.79 bits per heavy atom. The zero-order valence-corrected chi connectivity index (χ0v) is 16.7. The molecule has 0 aliphatic heterocycles. The van der Waals surface area contributed by atoms with Crippen molar-refractivity contribution in [3.63, 3.8) is 0 Å². The summed E-state index contributed by atoms with van der Waals surface area (Å²) in [6.07, 6.45) is 7.65. The first-order valence-electron chi connectivity index (χ1n) is 9.40. The number of nitrogens with zero attached hydrogens (tertiary/aromatic N) is 4. The molecule has 0 atom stereocenters. The van der Waals surface area contributed by atoms with Crippen LogP contribution in [0, 0.1) is 23.7 Å². The zero-order chi connectivity index (χ0) is 20.4. The van der Waals surface area contributed by atoms with Gasteiger partial charge in [0.25, 0.3) is 0 Å². The maximum absolute atomic E-state index is 13.1. The van der Waals surface area contributed by atoms with Crippen LogP contribution >= 0.6 is 0 Å². The molecule has 3 N–H and O–H groups in total. The molecule has 6 rings (SSSR count). The van der Waals surface area contributed by atoms with Crippen LogP contribution in [0.2, 0.25) is 0 Å². The number of fused-ring (bicyclic) bond motifs is 2. The number of imidazole rings is 1. The van der Waals surface area contributed by atoms with E-state index in [4.69, 9.17) is 5.73 Å². The van der Waals surface area contributed by atoms with Crippen LogP contribution in [0.1, 0.15) is 31.2 Å². The van der Waals surface area contributed by atoms with E-state index in [0.29, 0.717) is 30.7 Å². The maximum Gasteiger partial charge on any atom is 0.241 e. The summed E-state index contributed by atoms with van der Waals surface area (Å²) in [5, 5.41) is 9.32. The first kappa shape index (κ1) is 18.1. The Balaban J connectivity index is 1.53. The van der Waals surface area contributed by atoms with Gasteiger partial charge in [0, 0.05) is 23.5 Å². The van der Waals surface area contributed by atoms with Crippen molar-refractivity contribution in [3.05, 3.63) is 42.4 Å². The monoisotopic (exact) mass is 408 g/mol. The van der Waals surface area contributed by atoms with Gasteiger partial charge < -0.3 is 5.73 Å². The molecule has 0 radical (unpaired) electrons. The Bertz CT molecular complexity index is 1300. The fourth-order valence-corrected chi connectivity index (χ4v) is 6.32. The summed E-state index contributed by atoms with van der Waals surface area (Å²) in [7, 11) is -3.72. The third kappa shape index (κ3) is 2.63. The average Bonchev–Trinajstić information content (AvgIpc) is 3.33. The van der Waals surface area contributed by atoms with Crippen LogP contribution in [0.25, 0.3) is 16.9 Å². The molecule has 9 heteroatoms. The molecule has 29 heavy (non-hydrogen) atoms. The molecule has 148 valence electrons. The molecule has 3 aliphatic carbocycles. The lowest BCUT2D eigenvalue weighted by atomic mass is 9.66. The Morgan fingerprint density at radius 1 is 1.28 bits per heavy atom. The van der Waals surface area contributed by atoms with Gasteiger partial charge in [-0.15, -0.1) is 0 Å². The van der Waals surface area contributed by atoms with Crippen LogP contribution in [0.5, 0.6) is 0 Å². The number of aryl methyl sites for hydroxylation is 1. The van der Waals surface area contributed by atoms with Crippen molar-refractivity contribution < 1.29 is 8.42 Å². The van der Waals surface area contributed by atoms with Crippen molar-refractivity contribution in [3.8, 4) is 17.3 Å². The Hall–Kier alpha value is -2.96. The number of hydrogen-bond acceptors (Lipinski definition) is 6. The Morgan fingerprint density at radius 2 is 2.07 bits per heavy atom. The Kier molecular flexibility index (Phi) is 3.61. The van der Waals surface area contributed by atoms with Gasteiger partial charge in [0.2, 0.25) is 10.0 Å². The van der Waals surface area contributed by atoms with Gasteiger partial charge in [0.1, 0.15) is 0 Å². The molecule has 8 nitrogen and oxygen atoms in total. The second kappa shape index (κ2) is 5.78. The highest BCUT2D eigenvalue weighted by Crippen LogP contribution is 2.61. The molecule has 2 heterocycles. The summed E-state index contributed by atoms with van der Waals surface area (Å²) in [5.74, 6) is 0.313. The minimum absolute atomic E-state index is 0.200. The summed E-state index contributed by atoms with van der Waals surface area (Å²) in [5.41, 5.74) is 8.03. The van der Waals surface area contributed by atoms with E-state index < -0.39 is 15.6 Å². The number of aromatic nitrogens is 3. The third-order valence-electron chi connectivity index (χ3n) is 6.27. The maximum atomic E-state index is 13.1. The molecule has 1 aromatic carbocycles.